The molecule has 1 fully saturated rings. The Balaban J connectivity index is 1.61. The highest BCUT2D eigenvalue weighted by Crippen LogP contribution is 2.20. The summed E-state index contributed by atoms with van der Waals surface area (Å²) in [5.74, 6) is 1.09. The number of carbonyl (C=O) groups excluding carboxylic acids is 1. The van der Waals surface area contributed by atoms with E-state index < -0.39 is 0 Å². The fourth-order valence-corrected chi connectivity index (χ4v) is 3.22. The van der Waals surface area contributed by atoms with Crippen LogP contribution in [0.4, 0.5) is 0 Å². The molecule has 0 spiro atoms. The Morgan fingerprint density at radius 2 is 2.00 bits per heavy atom. The maximum Gasteiger partial charge on any atom is 0.254 e. The summed E-state index contributed by atoms with van der Waals surface area (Å²) in [4.78, 5) is 28.8. The fraction of sp³-hybridized carbons (Fsp3) is 0.400. The molecule has 1 saturated heterocycles. The largest absolute Gasteiger partial charge is 0.493 e. The summed E-state index contributed by atoms with van der Waals surface area (Å²) in [6.07, 6.45) is 2.00. The van der Waals surface area contributed by atoms with Crippen LogP contribution in [0.3, 0.4) is 0 Å². The van der Waals surface area contributed by atoms with Crippen molar-refractivity contribution >= 4 is 5.91 Å². The highest BCUT2D eigenvalue weighted by molar-refractivity contribution is 5.94. The van der Waals surface area contributed by atoms with Gasteiger partial charge in [-0.2, -0.15) is 0 Å². The van der Waals surface area contributed by atoms with Gasteiger partial charge in [0.1, 0.15) is 5.75 Å². The molecule has 2 aromatic rings. The van der Waals surface area contributed by atoms with Gasteiger partial charge in [-0.25, -0.2) is 0 Å². The molecule has 0 radical (unpaired) electrons. The topological polar surface area (TPSA) is 62.4 Å². The summed E-state index contributed by atoms with van der Waals surface area (Å²) >= 11 is 0. The average Bonchev–Trinajstić information content (AvgIpc) is 2.60. The Morgan fingerprint density at radius 3 is 2.72 bits per heavy atom. The first kappa shape index (κ1) is 17.3. The fourth-order valence-electron chi connectivity index (χ4n) is 3.22. The Bertz CT molecular complexity index is 795. The number of carbonyl (C=O) groups is 1. The van der Waals surface area contributed by atoms with Crippen LogP contribution in [0.15, 0.2) is 41.2 Å². The van der Waals surface area contributed by atoms with Crippen molar-refractivity contribution < 1.29 is 9.53 Å². The van der Waals surface area contributed by atoms with Gasteiger partial charge in [-0.15, -0.1) is 0 Å². The van der Waals surface area contributed by atoms with Gasteiger partial charge in [0.25, 0.3) is 5.91 Å². The maximum atomic E-state index is 12.7. The van der Waals surface area contributed by atoms with Crippen LogP contribution in [0.25, 0.3) is 0 Å². The Hall–Kier alpha value is -2.56. The smallest absolute Gasteiger partial charge is 0.254 e. The van der Waals surface area contributed by atoms with E-state index in [4.69, 9.17) is 4.74 Å². The highest BCUT2D eigenvalue weighted by Gasteiger charge is 2.25. The van der Waals surface area contributed by atoms with Gasteiger partial charge < -0.3 is 14.6 Å². The summed E-state index contributed by atoms with van der Waals surface area (Å²) in [5, 5.41) is 0. The number of hydrogen-bond acceptors (Lipinski definition) is 3. The van der Waals surface area contributed by atoms with Crippen LogP contribution in [-0.2, 0) is 0 Å². The first-order valence-electron chi connectivity index (χ1n) is 8.71. The van der Waals surface area contributed by atoms with E-state index in [1.54, 1.807) is 13.0 Å². The van der Waals surface area contributed by atoms with Gasteiger partial charge in [0, 0.05) is 36.3 Å². The van der Waals surface area contributed by atoms with Crippen molar-refractivity contribution in [3.05, 3.63) is 63.6 Å². The van der Waals surface area contributed by atoms with Crippen LogP contribution in [0.2, 0.25) is 0 Å². The van der Waals surface area contributed by atoms with E-state index in [0.29, 0.717) is 30.3 Å². The number of nitrogens with one attached hydrogen (secondary N) is 1. The second-order valence-corrected chi connectivity index (χ2v) is 6.80. The quantitative estimate of drug-likeness (QED) is 0.931. The van der Waals surface area contributed by atoms with E-state index >= 15 is 0 Å². The maximum absolute atomic E-state index is 12.7. The third kappa shape index (κ3) is 4.50. The number of likely N-dealkylation sites (tertiary alicyclic amines) is 1. The molecule has 1 aromatic carbocycles. The van der Waals surface area contributed by atoms with E-state index in [0.717, 1.165) is 25.1 Å². The Morgan fingerprint density at radius 1 is 1.24 bits per heavy atom. The average molecular weight is 340 g/mol. The lowest BCUT2D eigenvalue weighted by atomic mass is 9.98. The van der Waals surface area contributed by atoms with Gasteiger partial charge in [-0.1, -0.05) is 17.7 Å². The summed E-state index contributed by atoms with van der Waals surface area (Å²) in [6.45, 7) is 5.82. The Kier molecular flexibility index (Phi) is 5.22. The standard InChI is InChI=1S/C20H24N2O3/c1-14-5-7-18(8-6-14)25-13-16-4-3-9-22(12-16)20(24)17-10-15(2)21-19(23)11-17/h5-8,10-11,16H,3-4,9,12-13H2,1-2H3,(H,21,23). The van der Waals surface area contributed by atoms with Gasteiger partial charge in [0.15, 0.2) is 0 Å². The highest BCUT2D eigenvalue weighted by atomic mass is 16.5. The molecule has 0 aliphatic carbocycles. The first-order chi connectivity index (χ1) is 12.0. The zero-order valence-corrected chi connectivity index (χ0v) is 14.7. The molecule has 5 nitrogen and oxygen atoms in total. The minimum Gasteiger partial charge on any atom is -0.493 e. The predicted octanol–water partition coefficient (Wildman–Crippen LogP) is 2.92. The summed E-state index contributed by atoms with van der Waals surface area (Å²) < 4.78 is 5.88. The molecule has 25 heavy (non-hydrogen) atoms. The van der Waals surface area contributed by atoms with Crippen molar-refractivity contribution in [2.75, 3.05) is 19.7 Å². The number of rotatable bonds is 4. The molecule has 1 unspecified atom stereocenters. The van der Waals surface area contributed by atoms with Crippen molar-refractivity contribution in [1.29, 1.82) is 0 Å². The van der Waals surface area contributed by atoms with E-state index in [2.05, 4.69) is 4.98 Å². The van der Waals surface area contributed by atoms with Gasteiger partial charge in [-0.05, 0) is 44.9 Å². The predicted molar refractivity (Wildman–Crippen MR) is 97.1 cm³/mol. The summed E-state index contributed by atoms with van der Waals surface area (Å²) in [5.41, 5.74) is 2.13. The lowest BCUT2D eigenvalue weighted by Crippen LogP contribution is -2.41. The van der Waals surface area contributed by atoms with Crippen LogP contribution < -0.4 is 10.3 Å². The summed E-state index contributed by atoms with van der Waals surface area (Å²) in [6, 6.07) is 11.1. The van der Waals surface area contributed by atoms with Crippen LogP contribution in [0.1, 0.15) is 34.5 Å². The van der Waals surface area contributed by atoms with Crippen molar-refractivity contribution in [3.8, 4) is 5.75 Å². The number of amides is 1. The lowest BCUT2D eigenvalue weighted by Gasteiger charge is -2.32. The molecule has 5 heteroatoms. The molecule has 1 amide bonds. The number of aryl methyl sites for hydroxylation is 2. The summed E-state index contributed by atoms with van der Waals surface area (Å²) in [7, 11) is 0. The zero-order valence-electron chi connectivity index (χ0n) is 14.7. The molecule has 1 aliphatic heterocycles. The van der Waals surface area contributed by atoms with Crippen molar-refractivity contribution in [1.82, 2.24) is 9.88 Å². The van der Waals surface area contributed by atoms with E-state index in [-0.39, 0.29) is 11.5 Å². The molecule has 0 bridgehead atoms. The van der Waals surface area contributed by atoms with E-state index in [1.807, 2.05) is 36.1 Å². The Labute approximate surface area is 147 Å². The minimum absolute atomic E-state index is 0.0748. The lowest BCUT2D eigenvalue weighted by molar-refractivity contribution is 0.0633. The first-order valence-corrected chi connectivity index (χ1v) is 8.71. The van der Waals surface area contributed by atoms with Gasteiger partial charge in [0.2, 0.25) is 5.56 Å². The molecular weight excluding hydrogens is 316 g/mol. The number of pyridine rings is 1. The number of ether oxygens (including phenoxy) is 1. The van der Waals surface area contributed by atoms with Crippen molar-refractivity contribution in [2.24, 2.45) is 5.92 Å². The molecular formula is C20H24N2O3. The van der Waals surface area contributed by atoms with Crippen LogP contribution in [-0.4, -0.2) is 35.5 Å². The number of aromatic nitrogens is 1. The monoisotopic (exact) mass is 340 g/mol. The third-order valence-electron chi connectivity index (χ3n) is 4.54. The number of aromatic amines is 1. The molecule has 2 heterocycles. The molecule has 3 rings (SSSR count). The zero-order chi connectivity index (χ0) is 17.8. The van der Waals surface area contributed by atoms with Crippen LogP contribution in [0, 0.1) is 19.8 Å². The second kappa shape index (κ2) is 7.55. The molecule has 1 N–H and O–H groups in total. The number of H-pyrrole nitrogens is 1. The van der Waals surface area contributed by atoms with E-state index in [1.165, 1.54) is 11.6 Å². The molecule has 1 atom stereocenters. The number of nitrogens with zero attached hydrogens (tertiary/aromatic N) is 1. The van der Waals surface area contributed by atoms with Crippen molar-refractivity contribution in [2.45, 2.75) is 26.7 Å². The molecule has 1 aliphatic rings. The van der Waals surface area contributed by atoms with Gasteiger partial charge in [0.05, 0.1) is 6.61 Å². The number of hydrogen-bond donors (Lipinski definition) is 1. The normalized spacial score (nSPS) is 17.4. The van der Waals surface area contributed by atoms with Crippen LogP contribution in [0.5, 0.6) is 5.75 Å². The van der Waals surface area contributed by atoms with Crippen molar-refractivity contribution in [3.63, 3.8) is 0 Å². The number of piperidine rings is 1. The second-order valence-electron chi connectivity index (χ2n) is 6.80. The number of benzene rings is 1. The third-order valence-corrected chi connectivity index (χ3v) is 4.54. The molecule has 0 saturated carbocycles. The van der Waals surface area contributed by atoms with Gasteiger partial charge >= 0.3 is 0 Å². The van der Waals surface area contributed by atoms with Crippen LogP contribution >= 0.6 is 0 Å². The van der Waals surface area contributed by atoms with E-state index in [9.17, 15) is 9.59 Å². The minimum atomic E-state index is -0.236. The SMILES string of the molecule is Cc1ccc(OCC2CCCN(C(=O)c3cc(C)[nH]c(=O)c3)C2)cc1. The van der Waals surface area contributed by atoms with Gasteiger partial charge in [-0.3, -0.25) is 9.59 Å². The molecule has 1 aromatic heterocycles. The molecule has 132 valence electrons.